The van der Waals surface area contributed by atoms with Gasteiger partial charge in [0.05, 0.1) is 12.0 Å². The second-order valence-electron chi connectivity index (χ2n) is 8.13. The second kappa shape index (κ2) is 11.1. The molecule has 8 nitrogen and oxygen atoms in total. The van der Waals surface area contributed by atoms with Crippen molar-refractivity contribution in [1.82, 2.24) is 5.32 Å². The third-order valence-corrected chi connectivity index (χ3v) is 5.83. The number of ether oxygens (including phenoxy) is 2. The van der Waals surface area contributed by atoms with Gasteiger partial charge >= 0.3 is 0 Å². The summed E-state index contributed by atoms with van der Waals surface area (Å²) in [6.45, 7) is 2.33. The van der Waals surface area contributed by atoms with Crippen LogP contribution in [-0.2, 0) is 11.4 Å². The number of non-ortho nitro benzene ring substituents is 1. The fourth-order valence-electron chi connectivity index (χ4n) is 3.86. The summed E-state index contributed by atoms with van der Waals surface area (Å²) >= 11 is 0. The zero-order chi connectivity index (χ0) is 23.8. The first-order valence-electron chi connectivity index (χ1n) is 10.9. The number of nitrogens with zero attached hydrogens (tertiary/aromatic N) is 2. The maximum Gasteiger partial charge on any atom is 0.269 e. The molecule has 172 valence electrons. The highest BCUT2D eigenvalue weighted by atomic mass is 16.6. The van der Waals surface area contributed by atoms with E-state index in [1.165, 1.54) is 31.7 Å². The second-order valence-corrected chi connectivity index (χ2v) is 8.13. The maximum atomic E-state index is 12.6. The monoisotopic (exact) mass is 449 g/mol. The summed E-state index contributed by atoms with van der Waals surface area (Å²) < 4.78 is 11.2. The Hall–Kier alpha value is -3.86. The van der Waals surface area contributed by atoms with E-state index < -0.39 is 4.92 Å². The zero-order valence-electron chi connectivity index (χ0n) is 18.7. The van der Waals surface area contributed by atoms with Crippen molar-refractivity contribution < 1.29 is 19.2 Å². The highest BCUT2D eigenvalue weighted by Gasteiger charge is 2.24. The van der Waals surface area contributed by atoms with Gasteiger partial charge < -0.3 is 14.8 Å². The Kier molecular flexibility index (Phi) is 8.03. The summed E-state index contributed by atoms with van der Waals surface area (Å²) in [7, 11) is 1.50. The first kappa shape index (κ1) is 23.8. The Labute approximate surface area is 193 Å². The number of amides is 1. The molecule has 33 heavy (non-hydrogen) atoms. The van der Waals surface area contributed by atoms with Gasteiger partial charge in [-0.3, -0.25) is 14.9 Å². The summed E-state index contributed by atoms with van der Waals surface area (Å²) in [6.07, 6.45) is 5.80. The van der Waals surface area contributed by atoms with Gasteiger partial charge in [-0.25, -0.2) is 0 Å². The molecule has 1 aliphatic rings. The van der Waals surface area contributed by atoms with Gasteiger partial charge in [0.2, 0.25) is 0 Å². The lowest BCUT2D eigenvalue weighted by atomic mass is 9.86. The van der Waals surface area contributed by atoms with Crippen LogP contribution in [0.1, 0.15) is 43.7 Å². The highest BCUT2D eigenvalue weighted by Crippen LogP contribution is 2.30. The van der Waals surface area contributed by atoms with Gasteiger partial charge in [-0.05, 0) is 60.2 Å². The van der Waals surface area contributed by atoms with Crippen molar-refractivity contribution in [3.05, 3.63) is 69.3 Å². The fraction of sp³-hybridized carbons (Fsp3) is 0.360. The number of nitrogens with one attached hydrogen (secondary N) is 1. The lowest BCUT2D eigenvalue weighted by molar-refractivity contribution is -0.384. The van der Waals surface area contributed by atoms with E-state index in [0.717, 1.165) is 24.8 Å². The SMILES string of the molecule is COc1cc(/C=C(\C#N)C(=O)NC2CCCCC2C)ccc1OCc1ccc([N+](=O)[O-])cc1. The van der Waals surface area contributed by atoms with Crippen LogP contribution in [0.3, 0.4) is 0 Å². The molecule has 0 bridgehead atoms. The lowest BCUT2D eigenvalue weighted by Gasteiger charge is -2.29. The largest absolute Gasteiger partial charge is 0.493 e. The van der Waals surface area contributed by atoms with Crippen molar-refractivity contribution >= 4 is 17.7 Å². The number of hydrogen-bond donors (Lipinski definition) is 1. The predicted octanol–water partition coefficient (Wildman–Crippen LogP) is 4.78. The molecule has 0 spiro atoms. The first-order chi connectivity index (χ1) is 15.9. The molecular weight excluding hydrogens is 422 g/mol. The van der Waals surface area contributed by atoms with Crippen LogP contribution in [0, 0.1) is 27.4 Å². The molecule has 1 saturated carbocycles. The first-order valence-corrected chi connectivity index (χ1v) is 10.9. The molecule has 0 saturated heterocycles. The minimum absolute atomic E-state index is 0.0164. The minimum Gasteiger partial charge on any atom is -0.493 e. The number of nitro groups is 1. The molecule has 2 aromatic rings. The van der Waals surface area contributed by atoms with E-state index in [-0.39, 0.29) is 29.8 Å². The molecule has 1 aliphatic carbocycles. The van der Waals surface area contributed by atoms with E-state index in [9.17, 15) is 20.2 Å². The van der Waals surface area contributed by atoms with Gasteiger partial charge in [0.1, 0.15) is 18.2 Å². The summed E-state index contributed by atoms with van der Waals surface area (Å²) in [5, 5.41) is 23.3. The molecule has 0 radical (unpaired) electrons. The average Bonchev–Trinajstić information content (AvgIpc) is 2.83. The number of nitro benzene ring substituents is 1. The quantitative estimate of drug-likeness (QED) is 0.268. The molecule has 1 N–H and O–H groups in total. The molecular formula is C25H27N3O5. The van der Waals surface area contributed by atoms with Crippen LogP contribution in [0.25, 0.3) is 6.08 Å². The van der Waals surface area contributed by atoms with Crippen LogP contribution < -0.4 is 14.8 Å². The number of hydrogen-bond acceptors (Lipinski definition) is 6. The smallest absolute Gasteiger partial charge is 0.269 e. The van der Waals surface area contributed by atoms with Gasteiger partial charge in [0.25, 0.3) is 11.6 Å². The lowest BCUT2D eigenvalue weighted by Crippen LogP contribution is -2.41. The number of methoxy groups -OCH3 is 1. The predicted molar refractivity (Wildman–Crippen MR) is 124 cm³/mol. The van der Waals surface area contributed by atoms with Gasteiger partial charge in [0, 0.05) is 18.2 Å². The average molecular weight is 450 g/mol. The van der Waals surface area contributed by atoms with E-state index in [4.69, 9.17) is 9.47 Å². The zero-order valence-corrected chi connectivity index (χ0v) is 18.7. The van der Waals surface area contributed by atoms with Gasteiger partial charge in [-0.2, -0.15) is 5.26 Å². The van der Waals surface area contributed by atoms with E-state index in [1.54, 1.807) is 30.3 Å². The van der Waals surface area contributed by atoms with Crippen molar-refractivity contribution in [2.45, 2.75) is 45.3 Å². The molecule has 1 fully saturated rings. The summed E-state index contributed by atoms with van der Waals surface area (Å²) in [5.41, 5.74) is 1.46. The van der Waals surface area contributed by atoms with E-state index in [1.807, 2.05) is 6.07 Å². The molecule has 2 aromatic carbocycles. The molecule has 3 rings (SSSR count). The van der Waals surface area contributed by atoms with Crippen molar-refractivity contribution in [3.8, 4) is 17.6 Å². The molecule has 0 aliphatic heterocycles. The summed E-state index contributed by atoms with van der Waals surface area (Å²) in [6, 6.07) is 13.3. The highest BCUT2D eigenvalue weighted by molar-refractivity contribution is 6.01. The molecule has 2 atom stereocenters. The number of carbonyl (C=O) groups excluding carboxylic acids is 1. The molecule has 2 unspecified atom stereocenters. The van der Waals surface area contributed by atoms with Crippen LogP contribution >= 0.6 is 0 Å². The molecule has 8 heteroatoms. The topological polar surface area (TPSA) is 114 Å². The summed E-state index contributed by atoms with van der Waals surface area (Å²) in [5.74, 6) is 0.958. The minimum atomic E-state index is -0.453. The van der Waals surface area contributed by atoms with Crippen molar-refractivity contribution in [2.24, 2.45) is 5.92 Å². The van der Waals surface area contributed by atoms with Crippen LogP contribution in [0.4, 0.5) is 5.69 Å². The van der Waals surface area contributed by atoms with Crippen molar-refractivity contribution in [1.29, 1.82) is 5.26 Å². The molecule has 0 aromatic heterocycles. The number of benzene rings is 2. The third kappa shape index (κ3) is 6.32. The van der Waals surface area contributed by atoms with Crippen LogP contribution in [-0.4, -0.2) is 24.0 Å². The Morgan fingerprint density at radius 3 is 2.58 bits per heavy atom. The normalized spacial score (nSPS) is 18.2. The fourth-order valence-corrected chi connectivity index (χ4v) is 3.86. The Balaban J connectivity index is 1.69. The molecule has 1 amide bonds. The standard InChI is InChI=1S/C25H27N3O5/c1-17-5-3-4-6-22(17)27-25(29)20(15-26)13-19-9-12-23(24(14-19)32-2)33-16-18-7-10-21(11-8-18)28(30)31/h7-14,17,22H,3-6,16H2,1-2H3,(H,27,29)/b20-13+. The van der Waals surface area contributed by atoms with Crippen molar-refractivity contribution in [2.75, 3.05) is 7.11 Å². The number of rotatable bonds is 8. The molecule has 0 heterocycles. The van der Waals surface area contributed by atoms with E-state index in [0.29, 0.717) is 23.0 Å². The third-order valence-electron chi connectivity index (χ3n) is 5.83. The maximum absolute atomic E-state index is 12.6. The Morgan fingerprint density at radius 1 is 1.21 bits per heavy atom. The van der Waals surface area contributed by atoms with Crippen LogP contribution in [0.15, 0.2) is 48.0 Å². The van der Waals surface area contributed by atoms with Crippen molar-refractivity contribution in [3.63, 3.8) is 0 Å². The number of nitriles is 1. The Morgan fingerprint density at radius 2 is 1.94 bits per heavy atom. The Bertz CT molecular complexity index is 1070. The van der Waals surface area contributed by atoms with Gasteiger partial charge in [-0.15, -0.1) is 0 Å². The van der Waals surface area contributed by atoms with E-state index in [2.05, 4.69) is 12.2 Å². The van der Waals surface area contributed by atoms with Crippen LogP contribution in [0.2, 0.25) is 0 Å². The van der Waals surface area contributed by atoms with Gasteiger partial charge in [0.15, 0.2) is 11.5 Å². The van der Waals surface area contributed by atoms with Gasteiger partial charge in [-0.1, -0.05) is 25.8 Å². The summed E-state index contributed by atoms with van der Waals surface area (Å²) in [4.78, 5) is 23.0. The van der Waals surface area contributed by atoms with Crippen LogP contribution in [0.5, 0.6) is 11.5 Å². The van der Waals surface area contributed by atoms with E-state index >= 15 is 0 Å². The number of carbonyl (C=O) groups is 1.